The number of nitrogens with one attached hydrogen (secondary N) is 3. The number of methoxy groups -OCH3 is 1. The van der Waals surface area contributed by atoms with Crippen molar-refractivity contribution in [2.24, 2.45) is 10.7 Å². The maximum atomic E-state index is 15.3. The molecule has 0 spiro atoms. The van der Waals surface area contributed by atoms with Gasteiger partial charge in [0.25, 0.3) is 35.4 Å². The van der Waals surface area contributed by atoms with Crippen LogP contribution in [-0.4, -0.2) is 95.8 Å². The fourth-order valence-corrected chi connectivity index (χ4v) is 12.9. The Morgan fingerprint density at radius 2 is 0.915 bits per heavy atom. The smallest absolute Gasteiger partial charge is 0.330 e. The monoisotopic (exact) mass is 1490 g/mol. The lowest BCUT2D eigenvalue weighted by atomic mass is 10.0. The van der Waals surface area contributed by atoms with Gasteiger partial charge in [-0.25, -0.2) is 43.6 Å². The van der Waals surface area contributed by atoms with Gasteiger partial charge in [0.05, 0.1) is 73.0 Å². The number of hydrogen-bond acceptors (Lipinski definition) is 16. The number of aryl methyl sites for hydroxylation is 3. The van der Waals surface area contributed by atoms with Crippen LogP contribution in [-0.2, 0) is 38.8 Å². The van der Waals surface area contributed by atoms with Crippen molar-refractivity contribution < 1.29 is 58.4 Å². The lowest BCUT2D eigenvalue weighted by Crippen LogP contribution is -2.44. The maximum absolute atomic E-state index is 15.3. The summed E-state index contributed by atoms with van der Waals surface area (Å²) in [4.78, 5) is 111. The number of hydrogen-bond donors (Lipinski definition) is 4. The van der Waals surface area contributed by atoms with E-state index in [1.54, 1.807) is 180 Å². The molecule has 0 unspecified atom stereocenters. The predicted molar refractivity (Wildman–Crippen MR) is 410 cm³/mol. The number of isothiocyanates is 1. The van der Waals surface area contributed by atoms with Crippen LogP contribution >= 0.6 is 36.7 Å². The number of aliphatic imine (C=N–C) groups is 1. The molecule has 8 aromatic carbocycles. The Bertz CT molecular complexity index is 5060. The van der Waals surface area contributed by atoms with Crippen LogP contribution in [0.4, 0.5) is 64.4 Å². The number of esters is 1. The van der Waals surface area contributed by atoms with Crippen LogP contribution < -0.4 is 30.7 Å². The minimum absolute atomic E-state index is 0. The number of carbonyl (C=O) groups is 7. The quantitative estimate of drug-likeness (QED) is 0.0208. The summed E-state index contributed by atoms with van der Waals surface area (Å²) in [7, 11) is 1.28. The molecule has 23 nitrogen and oxygen atoms in total. The molecule has 0 aliphatic carbocycles. The van der Waals surface area contributed by atoms with Crippen molar-refractivity contribution in [3.63, 3.8) is 0 Å². The first-order chi connectivity index (χ1) is 49.8. The minimum Gasteiger partial charge on any atom is -0.467 e. The lowest BCUT2D eigenvalue weighted by Gasteiger charge is -2.29. The van der Waals surface area contributed by atoms with Crippen molar-refractivity contribution in [2.45, 2.75) is 98.6 Å². The molecule has 4 aliphatic rings. The van der Waals surface area contributed by atoms with E-state index in [9.17, 15) is 42.3 Å². The van der Waals surface area contributed by atoms with Crippen LogP contribution in [0.1, 0.15) is 118 Å². The highest BCUT2D eigenvalue weighted by molar-refractivity contribution is 7.81. The van der Waals surface area contributed by atoms with Crippen molar-refractivity contribution >= 4 is 145 Å². The number of nitrogens with zero attached hydrogens (tertiary/aromatic N) is 10. The minimum atomic E-state index is -1.11. The fourth-order valence-electron chi connectivity index (χ4n) is 11.8. The Hall–Kier alpha value is -12.4. The van der Waals surface area contributed by atoms with Gasteiger partial charge in [-0.15, -0.1) is 0 Å². The zero-order valence-corrected chi connectivity index (χ0v) is 61.3. The van der Waals surface area contributed by atoms with E-state index in [1.165, 1.54) is 47.2 Å². The van der Waals surface area contributed by atoms with Gasteiger partial charge in [-0.3, -0.25) is 48.4 Å². The Balaban J connectivity index is 0.000000231. The van der Waals surface area contributed by atoms with E-state index in [4.69, 9.17) is 65.7 Å². The van der Waals surface area contributed by atoms with Crippen LogP contribution in [0.3, 0.4) is 0 Å². The second-order valence-electron chi connectivity index (χ2n) is 25.4. The number of anilines is 5. The second kappa shape index (κ2) is 33.4. The number of benzene rings is 8. The number of ether oxygens (including phenoxy) is 1. The Kier molecular flexibility index (Phi) is 25.5. The summed E-state index contributed by atoms with van der Waals surface area (Å²) in [5.41, 5.74) is 21.5. The summed E-state index contributed by atoms with van der Waals surface area (Å²) in [6.07, 6.45) is 0. The molecule has 2 saturated heterocycles. The van der Waals surface area contributed by atoms with Gasteiger partial charge in [0.2, 0.25) is 0 Å². The van der Waals surface area contributed by atoms with E-state index >= 15 is 4.39 Å². The number of halogens is 3. The number of amides is 6. The van der Waals surface area contributed by atoms with E-state index in [0.717, 1.165) is 26.6 Å². The van der Waals surface area contributed by atoms with Crippen molar-refractivity contribution in [3.05, 3.63) is 265 Å². The van der Waals surface area contributed by atoms with Crippen molar-refractivity contribution in [1.29, 1.82) is 11.1 Å². The highest BCUT2D eigenvalue weighted by Gasteiger charge is 2.52. The standard InChI is InChI=1S/C28H21FN4O3S.C20H19FN4OS.C20H19FN2O4.C9H6N2S.H2N2.H2O.H2/c1-16-13-18(11-12-23(16)30-4)32-26(36)28(2,3)33(27(32)37)19-10-9-17(22(29)14-19)15-31-24(34)20-7-5-6-8-21(20)25(31)35;1-12-9-14(7-8-17(12)23-4)24-18(26)20(2,3)25(19(24)27)15-6-5-13(11-22)16(21)10-15;1-20(2,19(26)27-3)22-13-9-8-12(16(21)10-13)11-23-17(24)14-6-4-5-7-15(14)18(23)25;1-7-5-8(11-6-12)3-4-9(7)10-2;1-2;;/h5-14H,15H2,1-3H3;5-10H,11,22H2,1-3H3;4-10,22H,11H2,1-3H3;3-5H,1H3;1-2H;1H2;1H. The zero-order valence-electron chi connectivity index (χ0n) is 58.8. The molecule has 29 heteroatoms. The molecule has 12 rings (SSSR count). The number of rotatable bonds is 13. The second-order valence-corrected chi connectivity index (χ2v) is 26.3. The summed E-state index contributed by atoms with van der Waals surface area (Å²) in [5, 5.41) is 5.62. The third kappa shape index (κ3) is 16.2. The first-order valence-corrected chi connectivity index (χ1v) is 33.0. The summed E-state index contributed by atoms with van der Waals surface area (Å²) in [6, 6.07) is 41.8. The van der Waals surface area contributed by atoms with Crippen LogP contribution in [0, 0.1) is 69.0 Å². The summed E-state index contributed by atoms with van der Waals surface area (Å²) in [6.45, 7) is 36.5. The molecule has 0 saturated carbocycles. The number of imide groups is 2. The van der Waals surface area contributed by atoms with Gasteiger partial charge in [0, 0.05) is 53.1 Å². The highest BCUT2D eigenvalue weighted by atomic mass is 32.1. The van der Waals surface area contributed by atoms with Crippen LogP contribution in [0.5, 0.6) is 0 Å². The van der Waals surface area contributed by atoms with Crippen LogP contribution in [0.25, 0.3) is 14.5 Å². The number of fused-ring (bicyclic) bond motifs is 2. The van der Waals surface area contributed by atoms with Crippen molar-refractivity contribution in [3.8, 4) is 0 Å². The zero-order chi connectivity index (χ0) is 77.3. The van der Waals surface area contributed by atoms with E-state index in [2.05, 4.69) is 42.2 Å². The summed E-state index contributed by atoms with van der Waals surface area (Å²) in [5.74, 6) is -4.46. The molecule has 542 valence electrons. The molecule has 0 aromatic heterocycles. The molecule has 6 amide bonds. The van der Waals surface area contributed by atoms with E-state index in [1.807, 2.05) is 19.9 Å². The average Bonchev–Trinajstić information content (AvgIpc) is 1.59. The van der Waals surface area contributed by atoms with Crippen molar-refractivity contribution in [1.82, 2.24) is 9.80 Å². The number of thiocarbonyl (C=S) groups is 3. The van der Waals surface area contributed by atoms with Crippen LogP contribution in [0.2, 0.25) is 0 Å². The molecule has 106 heavy (non-hydrogen) atoms. The molecule has 8 aromatic rings. The van der Waals surface area contributed by atoms with Gasteiger partial charge in [0.1, 0.15) is 34.1 Å². The van der Waals surface area contributed by atoms with E-state index in [0.29, 0.717) is 78.9 Å². The molecule has 0 radical (unpaired) electrons. The molecular weight excluding hydrogens is 1420 g/mol. The first-order valence-electron chi connectivity index (χ1n) is 31.8. The normalized spacial score (nSPS) is 14.3. The molecule has 0 bridgehead atoms. The largest absolute Gasteiger partial charge is 0.467 e. The summed E-state index contributed by atoms with van der Waals surface area (Å²) < 4.78 is 48.8. The van der Waals surface area contributed by atoms with Crippen molar-refractivity contribution in [2.75, 3.05) is 32.0 Å². The topological polar surface area (TPSA) is 291 Å². The Morgan fingerprint density at radius 3 is 1.25 bits per heavy atom. The van der Waals surface area contributed by atoms with Gasteiger partial charge in [-0.2, -0.15) is 4.99 Å². The van der Waals surface area contributed by atoms with Gasteiger partial charge < -0.3 is 31.1 Å². The molecule has 0 atom stereocenters. The highest BCUT2D eigenvalue weighted by Crippen LogP contribution is 2.41. The molecule has 4 heterocycles. The van der Waals surface area contributed by atoms with E-state index in [-0.39, 0.29) is 59.7 Å². The molecule has 2 fully saturated rings. The third-order valence-electron chi connectivity index (χ3n) is 17.4. The van der Waals surface area contributed by atoms with Gasteiger partial charge in [-0.1, -0.05) is 60.7 Å². The molecule has 4 aliphatic heterocycles. The maximum Gasteiger partial charge on any atom is 0.330 e. The molecular formula is C77H71F3N14O9S3. The first kappa shape index (κ1) is 80.9. The lowest BCUT2D eigenvalue weighted by molar-refractivity contribution is -0.144. The van der Waals surface area contributed by atoms with Crippen LogP contribution in [0.15, 0.2) is 163 Å². The van der Waals surface area contributed by atoms with Gasteiger partial charge in [0.15, 0.2) is 27.3 Å². The Morgan fingerprint density at radius 1 is 0.566 bits per heavy atom. The number of carbonyl (C=O) groups excluding carboxylic acids is 7. The predicted octanol–water partition coefficient (Wildman–Crippen LogP) is 15.7. The Labute approximate surface area is 626 Å². The third-order valence-corrected chi connectivity index (χ3v) is 18.2. The average molecular weight is 1490 g/mol. The van der Waals surface area contributed by atoms with Gasteiger partial charge in [-0.05, 0) is 213 Å². The van der Waals surface area contributed by atoms with E-state index < -0.39 is 63.7 Å². The fraction of sp³-hybridized carbons (Fsp3) is 0.208. The molecule has 7 N–H and O–H groups in total. The summed E-state index contributed by atoms with van der Waals surface area (Å²) >= 11 is 15.7. The SMILES string of the molecule is COC(=O)C(C)(C)Nc1ccc(CN2C(=O)c3ccccc3C2=O)c(F)c1.N=N.O.[C-]#[N+]c1ccc(N2C(=O)C(C)(C)N(c3ccc(CN)c(F)c3)C2=S)cc1C.[C-]#[N+]c1ccc(N2C(=O)C(C)(C)N(c3ccc(CN4C(=O)c5ccccc5C4=O)c(F)c3)C2=S)cc1C.[C-]#[N+]c1ccc(N=C=S)cc1C.[HH]. The van der Waals surface area contributed by atoms with Gasteiger partial charge >= 0.3 is 5.97 Å². The number of nitrogens with two attached hydrogens (primary N) is 1.